The Morgan fingerprint density at radius 3 is 2.11 bits per heavy atom. The van der Waals surface area contributed by atoms with Crippen LogP contribution in [0.25, 0.3) is 0 Å². The number of benzene rings is 2. The lowest BCUT2D eigenvalue weighted by molar-refractivity contribution is -0.137. The number of imidazole rings is 1. The molecule has 1 heterocycles. The molecule has 0 amide bonds. The van der Waals surface area contributed by atoms with Crippen LogP contribution in [-0.4, -0.2) is 16.8 Å². The highest BCUT2D eigenvalue weighted by Crippen LogP contribution is 2.33. The SMILES string of the molecule is CC(C)(C)n1ccnc1[B]CC(c1ccccc1)c1ccc(C(F)(F)F)cc1. The fourth-order valence-electron chi connectivity index (χ4n) is 3.31. The first-order valence-corrected chi connectivity index (χ1v) is 9.25. The molecule has 2 aromatic carbocycles. The zero-order valence-corrected chi connectivity index (χ0v) is 16.2. The van der Waals surface area contributed by atoms with Gasteiger partial charge in [-0.25, -0.2) is 0 Å². The van der Waals surface area contributed by atoms with Gasteiger partial charge in [-0.15, -0.1) is 0 Å². The molecule has 0 aliphatic heterocycles. The van der Waals surface area contributed by atoms with Crippen LogP contribution < -0.4 is 5.72 Å². The minimum Gasteiger partial charge on any atom is -0.338 e. The van der Waals surface area contributed by atoms with Crippen molar-refractivity contribution in [2.45, 2.75) is 44.7 Å². The second-order valence-electron chi connectivity index (χ2n) is 7.85. The first-order chi connectivity index (χ1) is 13.2. The van der Waals surface area contributed by atoms with E-state index < -0.39 is 11.7 Å². The molecule has 0 bridgehead atoms. The summed E-state index contributed by atoms with van der Waals surface area (Å²) in [6.45, 7) is 6.32. The van der Waals surface area contributed by atoms with E-state index in [0.29, 0.717) is 6.32 Å². The van der Waals surface area contributed by atoms with Crippen molar-refractivity contribution in [3.63, 3.8) is 0 Å². The monoisotopic (exact) mass is 383 g/mol. The summed E-state index contributed by atoms with van der Waals surface area (Å²) in [7, 11) is 2.06. The Morgan fingerprint density at radius 2 is 1.54 bits per heavy atom. The fourth-order valence-corrected chi connectivity index (χ4v) is 3.31. The van der Waals surface area contributed by atoms with Gasteiger partial charge >= 0.3 is 6.18 Å². The summed E-state index contributed by atoms with van der Waals surface area (Å²) in [6, 6.07) is 15.3. The predicted octanol–water partition coefficient (Wildman–Crippen LogP) is 5.24. The first-order valence-electron chi connectivity index (χ1n) is 9.25. The van der Waals surface area contributed by atoms with Crippen molar-refractivity contribution >= 4 is 13.0 Å². The molecular weight excluding hydrogens is 360 g/mol. The molecule has 0 aliphatic rings. The highest BCUT2D eigenvalue weighted by molar-refractivity contribution is 6.51. The Morgan fingerprint density at radius 1 is 0.929 bits per heavy atom. The molecule has 0 spiro atoms. The smallest absolute Gasteiger partial charge is 0.338 e. The van der Waals surface area contributed by atoms with Crippen molar-refractivity contribution in [3.05, 3.63) is 83.7 Å². The summed E-state index contributed by atoms with van der Waals surface area (Å²) in [5.41, 5.74) is 2.05. The number of aromatic nitrogens is 2. The molecule has 0 saturated heterocycles. The van der Waals surface area contributed by atoms with Gasteiger partial charge in [0.05, 0.1) is 11.3 Å². The van der Waals surface area contributed by atoms with E-state index in [9.17, 15) is 13.2 Å². The Balaban J connectivity index is 1.88. The van der Waals surface area contributed by atoms with Crippen LogP contribution in [-0.2, 0) is 11.7 Å². The van der Waals surface area contributed by atoms with E-state index in [0.717, 1.165) is 29.0 Å². The minimum absolute atomic E-state index is 0.0476. The van der Waals surface area contributed by atoms with Gasteiger partial charge in [-0.1, -0.05) is 48.8 Å². The summed E-state index contributed by atoms with van der Waals surface area (Å²) < 4.78 is 40.8. The third-order valence-corrected chi connectivity index (χ3v) is 4.77. The van der Waals surface area contributed by atoms with Gasteiger partial charge in [-0.05, 0) is 44.0 Å². The average molecular weight is 383 g/mol. The Kier molecular flexibility index (Phi) is 5.68. The molecular formula is C22H23BF3N2. The summed E-state index contributed by atoms with van der Waals surface area (Å²) in [5, 5.41) is 0. The molecule has 0 saturated carbocycles. The van der Waals surface area contributed by atoms with Crippen molar-refractivity contribution < 1.29 is 13.2 Å². The highest BCUT2D eigenvalue weighted by atomic mass is 19.4. The maximum atomic E-state index is 12.9. The molecule has 3 aromatic rings. The van der Waals surface area contributed by atoms with Crippen molar-refractivity contribution in [3.8, 4) is 0 Å². The zero-order valence-electron chi connectivity index (χ0n) is 16.2. The van der Waals surface area contributed by atoms with E-state index in [2.05, 4.69) is 37.6 Å². The second kappa shape index (κ2) is 7.86. The molecule has 145 valence electrons. The number of alkyl halides is 3. The van der Waals surface area contributed by atoms with E-state index in [1.807, 2.05) is 36.5 Å². The Bertz CT molecular complexity index is 894. The van der Waals surface area contributed by atoms with E-state index in [1.165, 1.54) is 0 Å². The molecule has 0 aliphatic carbocycles. The predicted molar refractivity (Wildman–Crippen MR) is 107 cm³/mol. The third kappa shape index (κ3) is 4.67. The molecule has 1 radical (unpaired) electrons. The minimum atomic E-state index is -4.33. The average Bonchev–Trinajstić information content (AvgIpc) is 3.12. The van der Waals surface area contributed by atoms with Gasteiger partial charge in [-0.2, -0.15) is 13.2 Å². The Hall–Kier alpha value is -2.50. The van der Waals surface area contributed by atoms with Gasteiger partial charge in [-0.3, -0.25) is 4.98 Å². The molecule has 2 nitrogen and oxygen atoms in total. The third-order valence-electron chi connectivity index (χ3n) is 4.77. The molecule has 28 heavy (non-hydrogen) atoms. The number of hydrogen-bond donors (Lipinski definition) is 0. The summed E-state index contributed by atoms with van der Waals surface area (Å²) >= 11 is 0. The van der Waals surface area contributed by atoms with Gasteiger partial charge in [0.25, 0.3) is 0 Å². The molecule has 0 fully saturated rings. The van der Waals surface area contributed by atoms with Gasteiger partial charge in [0.2, 0.25) is 7.28 Å². The molecule has 0 N–H and O–H groups in total. The van der Waals surface area contributed by atoms with E-state index in [4.69, 9.17) is 0 Å². The fraction of sp³-hybridized carbons (Fsp3) is 0.318. The van der Waals surface area contributed by atoms with Crippen molar-refractivity contribution in [1.82, 2.24) is 9.55 Å². The lowest BCUT2D eigenvalue weighted by atomic mass is 9.65. The highest BCUT2D eigenvalue weighted by Gasteiger charge is 2.30. The molecule has 6 heteroatoms. The van der Waals surface area contributed by atoms with Gasteiger partial charge in [0.1, 0.15) is 0 Å². The topological polar surface area (TPSA) is 17.8 Å². The van der Waals surface area contributed by atoms with Crippen LogP contribution >= 0.6 is 0 Å². The van der Waals surface area contributed by atoms with Crippen LogP contribution in [0.1, 0.15) is 43.4 Å². The quantitative estimate of drug-likeness (QED) is 0.552. The van der Waals surface area contributed by atoms with Crippen LogP contribution in [0.3, 0.4) is 0 Å². The summed E-state index contributed by atoms with van der Waals surface area (Å²) in [5.74, 6) is -0.0476. The maximum Gasteiger partial charge on any atom is 0.416 e. The van der Waals surface area contributed by atoms with Crippen LogP contribution in [0.5, 0.6) is 0 Å². The standard InChI is InChI=1S/C22H23BF3N2/c1-21(2,3)28-14-13-27-20(28)23-15-19(16-7-5-4-6-8-16)17-9-11-18(12-10-17)22(24,25)26/h4-14,19H,15H2,1-3H3. The van der Waals surface area contributed by atoms with E-state index in [-0.39, 0.29) is 11.5 Å². The van der Waals surface area contributed by atoms with Crippen LogP contribution in [0, 0.1) is 0 Å². The van der Waals surface area contributed by atoms with Crippen molar-refractivity contribution in [1.29, 1.82) is 0 Å². The van der Waals surface area contributed by atoms with Crippen molar-refractivity contribution in [2.24, 2.45) is 0 Å². The van der Waals surface area contributed by atoms with Crippen LogP contribution in [0.4, 0.5) is 13.2 Å². The maximum absolute atomic E-state index is 12.9. The van der Waals surface area contributed by atoms with Crippen LogP contribution in [0.15, 0.2) is 67.0 Å². The van der Waals surface area contributed by atoms with Gasteiger partial charge in [0, 0.05) is 23.9 Å². The molecule has 1 unspecified atom stereocenters. The number of halogens is 3. The van der Waals surface area contributed by atoms with E-state index >= 15 is 0 Å². The van der Waals surface area contributed by atoms with Gasteiger partial charge < -0.3 is 4.57 Å². The first kappa shape index (κ1) is 20.2. The number of rotatable bonds is 5. The van der Waals surface area contributed by atoms with Crippen molar-refractivity contribution in [2.75, 3.05) is 0 Å². The lowest BCUT2D eigenvalue weighted by Crippen LogP contribution is -2.36. The van der Waals surface area contributed by atoms with Crippen LogP contribution in [0.2, 0.25) is 6.32 Å². The normalized spacial score (nSPS) is 13.4. The van der Waals surface area contributed by atoms with E-state index in [1.54, 1.807) is 18.3 Å². The molecule has 1 atom stereocenters. The zero-order chi connectivity index (χ0) is 20.4. The lowest BCUT2D eigenvalue weighted by Gasteiger charge is -2.24. The largest absolute Gasteiger partial charge is 0.416 e. The molecule has 1 aromatic heterocycles. The summed E-state index contributed by atoms with van der Waals surface area (Å²) in [4.78, 5) is 4.45. The molecule has 3 rings (SSSR count). The van der Waals surface area contributed by atoms with Gasteiger partial charge in [0.15, 0.2) is 0 Å². The second-order valence-corrected chi connectivity index (χ2v) is 7.85. The summed E-state index contributed by atoms with van der Waals surface area (Å²) in [6.07, 6.45) is 0.0288. The number of hydrogen-bond acceptors (Lipinski definition) is 1. The number of nitrogens with zero attached hydrogens (tertiary/aromatic N) is 2. The Labute approximate surface area is 164 Å².